The molecule has 32 nitrogen and oxygen atoms in total. The summed E-state index contributed by atoms with van der Waals surface area (Å²) in [6, 6.07) is 31.9. The number of hydrogen-bond acceptors (Lipinski definition) is 19. The minimum absolute atomic E-state index is 0.00831. The average molecular weight is 2020 g/mol. The van der Waals surface area contributed by atoms with E-state index in [0.717, 1.165) is 125 Å². The van der Waals surface area contributed by atoms with E-state index in [1.54, 1.807) is 53.5 Å². The van der Waals surface area contributed by atoms with E-state index in [9.17, 15) is 62.3 Å². The Labute approximate surface area is 869 Å². The molecule has 7 fully saturated rings. The van der Waals surface area contributed by atoms with Gasteiger partial charge in [-0.2, -0.15) is 10.0 Å². The Kier molecular flexibility index (Phi) is 35.1. The van der Waals surface area contributed by atoms with Crippen molar-refractivity contribution < 1.29 is 62.3 Å². The van der Waals surface area contributed by atoms with Crippen molar-refractivity contribution in [2.24, 2.45) is 5.92 Å². The summed E-state index contributed by atoms with van der Waals surface area (Å²) in [5, 5.41) is 27.3. The number of urea groups is 2. The third-order valence-corrected chi connectivity index (χ3v) is 26.6. The number of piperidine rings is 5. The summed E-state index contributed by atoms with van der Waals surface area (Å²) in [5.41, 5.74) is 15.5. The third kappa shape index (κ3) is 28.4. The van der Waals surface area contributed by atoms with Crippen molar-refractivity contribution in [3.05, 3.63) is 309 Å². The molecule has 9 aliphatic rings. The second-order valence-electron chi connectivity index (χ2n) is 45.8. The Balaban J connectivity index is 0.000000164. The zero-order valence-electron chi connectivity index (χ0n) is 89.9. The highest BCUT2D eigenvalue weighted by atomic mass is 16.5. The molecule has 0 radical (unpaired) electrons. The van der Waals surface area contributed by atoms with Crippen LogP contribution in [0.1, 0.15) is 325 Å². The van der Waals surface area contributed by atoms with Crippen LogP contribution in [0.15, 0.2) is 231 Å². The Morgan fingerprint density at radius 3 is 1.39 bits per heavy atom. The predicted octanol–water partition coefficient (Wildman–Crippen LogP) is 18.1. The van der Waals surface area contributed by atoms with E-state index >= 15 is 0 Å². The van der Waals surface area contributed by atoms with Crippen LogP contribution in [0.2, 0.25) is 0 Å². The monoisotopic (exact) mass is 2020 g/mol. The molecule has 148 heavy (non-hydrogen) atoms. The molecule has 0 saturated carbocycles. The van der Waals surface area contributed by atoms with E-state index in [4.69, 9.17) is 4.74 Å². The van der Waals surface area contributed by atoms with Crippen LogP contribution >= 0.6 is 0 Å². The number of imide groups is 2. The Hall–Kier alpha value is -15.1. The molecule has 7 saturated heterocycles. The third-order valence-electron chi connectivity index (χ3n) is 26.6. The molecule has 5 unspecified atom stereocenters. The summed E-state index contributed by atoms with van der Waals surface area (Å²) in [4.78, 5) is 179. The fourth-order valence-corrected chi connectivity index (χ4v) is 17.3. The van der Waals surface area contributed by atoms with E-state index in [1.165, 1.54) is 5.56 Å². The van der Waals surface area contributed by atoms with E-state index in [0.29, 0.717) is 108 Å². The fourth-order valence-electron chi connectivity index (χ4n) is 17.3. The number of likely N-dealkylation sites (N-methyl/N-ethyl adjacent to an activating group) is 1. The minimum Gasteiger partial charge on any atom is -0.479 e. The highest BCUT2D eigenvalue weighted by Gasteiger charge is 2.47. The van der Waals surface area contributed by atoms with Crippen LogP contribution in [0, 0.1) is 5.92 Å². The van der Waals surface area contributed by atoms with Crippen molar-refractivity contribution in [2.45, 2.75) is 291 Å². The number of hydrogen-bond donors (Lipinski definition) is 8. The largest absolute Gasteiger partial charge is 0.479 e. The van der Waals surface area contributed by atoms with Crippen LogP contribution in [0.5, 0.6) is 5.75 Å². The smallest absolute Gasteiger partial charge is 0.340 e. The number of aromatic nitrogens is 5. The summed E-state index contributed by atoms with van der Waals surface area (Å²) in [5.74, 6) is -1.91. The average Bonchev–Trinajstić information content (AvgIpc) is 1.58. The molecule has 5 aromatic heterocycles. The van der Waals surface area contributed by atoms with Crippen molar-refractivity contribution in [3.8, 4) is 5.75 Å². The van der Waals surface area contributed by atoms with Crippen molar-refractivity contribution in [3.63, 3.8) is 0 Å². The number of amides is 14. The van der Waals surface area contributed by atoms with Gasteiger partial charge in [0.05, 0.1) is 53.4 Å². The first kappa shape index (κ1) is 113. The van der Waals surface area contributed by atoms with Gasteiger partial charge < -0.3 is 56.7 Å². The highest BCUT2D eigenvalue weighted by molar-refractivity contribution is 6.23. The Morgan fingerprint density at radius 2 is 0.892 bits per heavy atom. The lowest BCUT2D eigenvalue weighted by Gasteiger charge is -2.33. The van der Waals surface area contributed by atoms with Crippen LogP contribution in [-0.2, 0) is 68.3 Å². The van der Waals surface area contributed by atoms with Crippen LogP contribution in [0.25, 0.3) is 10.8 Å². The normalized spacial score (nSPS) is 19.2. The number of nitrogens with one attached hydrogen (secondary N) is 8. The summed E-state index contributed by atoms with van der Waals surface area (Å²) in [6.07, 6.45) is 17.4. The number of allylic oxidation sites excluding steroid dienone is 5. The van der Waals surface area contributed by atoms with E-state index in [-0.39, 0.29) is 104 Å². The lowest BCUT2D eigenvalue weighted by molar-refractivity contribution is -0.129. The van der Waals surface area contributed by atoms with E-state index in [2.05, 4.69) is 225 Å². The van der Waals surface area contributed by atoms with Gasteiger partial charge in [0.2, 0.25) is 23.6 Å². The summed E-state index contributed by atoms with van der Waals surface area (Å²) >= 11 is 0. The van der Waals surface area contributed by atoms with Crippen molar-refractivity contribution in [2.75, 3.05) is 25.0 Å². The molecule has 32 heteroatoms. The summed E-state index contributed by atoms with van der Waals surface area (Å²) in [7, 11) is 1.94. The number of carbonyl (C=O) groups excluding carboxylic acids is 12. The van der Waals surface area contributed by atoms with Crippen LogP contribution in [0.4, 0.5) is 15.3 Å². The van der Waals surface area contributed by atoms with Gasteiger partial charge in [-0.25, -0.2) is 19.6 Å². The summed E-state index contributed by atoms with van der Waals surface area (Å²) in [6.45, 7) is 70.7. The zero-order chi connectivity index (χ0) is 109. The van der Waals surface area contributed by atoms with Crippen molar-refractivity contribution >= 4 is 87.6 Å². The van der Waals surface area contributed by atoms with E-state index < -0.39 is 53.9 Å². The van der Waals surface area contributed by atoms with Gasteiger partial charge in [0, 0.05) is 124 Å². The van der Waals surface area contributed by atoms with Crippen LogP contribution in [0.3, 0.4) is 0 Å². The van der Waals surface area contributed by atoms with E-state index in [1.807, 2.05) is 133 Å². The minimum atomic E-state index is -0.521. The number of nitrogens with zero attached hydrogens (tertiary/aromatic N) is 10. The number of anilines is 1. The predicted molar refractivity (Wildman–Crippen MR) is 575 cm³/mol. The molecule has 0 aliphatic carbocycles. The van der Waals surface area contributed by atoms with Gasteiger partial charge in [0.1, 0.15) is 29.6 Å². The molecular formula is C116H146N18O14. The number of pyridine rings is 5. The molecule has 14 heterocycles. The van der Waals surface area contributed by atoms with Crippen LogP contribution < -0.4 is 57.7 Å². The molecule has 0 bridgehead atoms. The molecule has 3 aromatic carbocycles. The molecule has 5 atom stereocenters. The molecule has 784 valence electrons. The Morgan fingerprint density at radius 1 is 0.412 bits per heavy atom. The molecule has 8 aromatic rings. The summed E-state index contributed by atoms with van der Waals surface area (Å²) < 4.78 is 7.22. The van der Waals surface area contributed by atoms with Gasteiger partial charge in [-0.05, 0) is 191 Å². The number of hydrazine groups is 2. The second-order valence-corrected chi connectivity index (χ2v) is 45.8. The maximum Gasteiger partial charge on any atom is 0.340 e. The first-order valence-corrected chi connectivity index (χ1v) is 50.2. The molecule has 8 N–H and O–H groups in total. The number of carbonyl (C=O) groups is 12. The quantitative estimate of drug-likeness (QED) is 0.0558. The van der Waals surface area contributed by atoms with Gasteiger partial charge in [0.15, 0.2) is 6.10 Å². The maximum absolute atomic E-state index is 12.9. The van der Waals surface area contributed by atoms with Gasteiger partial charge >= 0.3 is 12.1 Å². The topological polar surface area (TPSA) is 400 Å². The van der Waals surface area contributed by atoms with Gasteiger partial charge in [-0.3, -0.25) is 72.7 Å². The molecule has 17 rings (SSSR count). The van der Waals surface area contributed by atoms with Gasteiger partial charge in [-0.15, -0.1) is 0 Å². The number of rotatable bonds is 11. The second kappa shape index (κ2) is 45.9. The molecular weight excluding hydrogens is 1870 g/mol. The number of fused-ring (bicyclic) bond motifs is 3. The SMILES string of the molecule is C=C1CCC(Cc2ccc(C(C)(C)C)cn2)C(=O)N1.C=C1CCC(N(C)c2ccc(C(C)(C)C)nc2)C(=O)N1.C=C1CCC(NC(=O)c2ccc(C(C)(C)C)cn2)C(=O)N1.C=C1CCC(Oc2ccc(C(C)(C)C)nc2)C(=O)N1.C=C1CCC(n2ccc3ccc(C(C)(C)C)cc3c2=O)C(=O)N1.C=C1CCN(N2C(=O)c3ccc(C(C)(C)C)cc3C2=O)C(=O)N1.C=C1CCN(N2C(=O)c3cccc(C(C)(C)C)c3C2=O)C(=O)N1. The number of ether oxygens (including phenoxy) is 1. The maximum atomic E-state index is 12.9. The fraction of sp³-hybridized carbons (Fsp3) is 0.422. The van der Waals surface area contributed by atoms with Crippen molar-refractivity contribution in [1.82, 2.24) is 87.1 Å². The highest BCUT2D eigenvalue weighted by Crippen LogP contribution is 2.38. The van der Waals surface area contributed by atoms with Crippen LogP contribution in [-0.4, -0.2) is 154 Å². The zero-order valence-corrected chi connectivity index (χ0v) is 89.9. The lowest BCUT2D eigenvalue weighted by atomic mass is 9.82. The van der Waals surface area contributed by atoms with Gasteiger partial charge in [-0.1, -0.05) is 234 Å². The standard InChI is InChI=1S/C19H22N2O2.2C17H19N3O3.C16H21N3O2.C16H23N3O.C16H22N2O.C15H20N2O2/c1-12-5-8-16(17(22)20-12)21-10-9-13-6-7-14(19(2,3)4)11-15(13)18(21)23;1-10-7-8-19(16(23)18-10)20-14(21)12-6-5-11(17(2,3)4)9-13(12)15(20)22;1-10-8-9-19(16(23)18-10)20-14(21)11-6-5-7-12(17(2,3)4)13(11)15(20)22;1-10-5-7-13(15(21)18-10)19-14(20)12-8-6-11(9-17-12)16(2,3)4;1-11-6-8-13(15(20)18-11)19(5)12-7-9-14(17-10-12)16(2,3)4;1-11-5-6-12(15(19)18-11)9-14-8-7-13(10-17-14)16(2,3)4;1-10-5-7-12(14(18)17-10)19-11-6-8-13(16-9-11)15(2,3)4/h6-7,9-11,16H,1,5,8H2,2-4H3,(H,20,22);5-6,9H,1,7-8H2,2-4H3,(H,18,23);5-7H,1,8-9H2,2-4H3,(H,18,23);6,8-9,13H,1,5,7H2,2-4H3,(H,18,21)(H,19,20);7,9-10,13H,1,6,8H2,2-5H3,(H,18,20);7-8,10,12H,1,5-6,9H2,2-4H3,(H,18,19);6,8-9,12H,1,5,7H2,2-4H3,(H,17,18). The first-order valence-electron chi connectivity index (χ1n) is 50.2. The molecule has 14 amide bonds. The van der Waals surface area contributed by atoms with Crippen molar-refractivity contribution in [1.29, 1.82) is 0 Å². The van der Waals surface area contributed by atoms with Gasteiger partial charge in [0.25, 0.3) is 41.0 Å². The first-order chi connectivity index (χ1) is 69.0. The lowest BCUT2D eigenvalue weighted by Crippen LogP contribution is -2.56. The Bertz CT molecular complexity index is 6500. The molecule has 9 aliphatic heterocycles. The molecule has 0 spiro atoms. The number of benzene rings is 3.